The van der Waals surface area contributed by atoms with Crippen molar-refractivity contribution in [3.05, 3.63) is 107 Å². The molecule has 0 fully saturated rings. The second-order valence-corrected chi connectivity index (χ2v) is 7.87. The van der Waals surface area contributed by atoms with Crippen LogP contribution in [0, 0.1) is 27.7 Å². The van der Waals surface area contributed by atoms with Gasteiger partial charge in [-0.25, -0.2) is 0 Å². The molecule has 4 aromatic carbocycles. The topological polar surface area (TPSA) is 30.5 Å². The molecular formula is C30H33NO2. The number of hydrogen-bond acceptors (Lipinski definition) is 3. The van der Waals surface area contributed by atoms with Gasteiger partial charge in [0.25, 0.3) is 0 Å². The van der Waals surface area contributed by atoms with E-state index in [9.17, 15) is 0 Å². The molecule has 4 rings (SSSR count). The van der Waals surface area contributed by atoms with Gasteiger partial charge < -0.3 is 14.8 Å². The molecule has 0 saturated carbocycles. The van der Waals surface area contributed by atoms with Crippen molar-refractivity contribution in [1.29, 1.82) is 0 Å². The van der Waals surface area contributed by atoms with Crippen molar-refractivity contribution in [1.82, 2.24) is 0 Å². The summed E-state index contributed by atoms with van der Waals surface area (Å²) in [5, 5.41) is 3.41. The number of anilines is 2. The minimum absolute atomic E-state index is 0.811. The van der Waals surface area contributed by atoms with Gasteiger partial charge in [0.15, 0.2) is 0 Å². The van der Waals surface area contributed by atoms with Crippen LogP contribution in [0.2, 0.25) is 0 Å². The summed E-state index contributed by atoms with van der Waals surface area (Å²) in [6.07, 6.45) is 0. The molecule has 0 saturated heterocycles. The summed E-state index contributed by atoms with van der Waals surface area (Å²) in [6.45, 7) is 12.4. The quantitative estimate of drug-likeness (QED) is 0.325. The molecule has 0 aliphatic rings. The maximum absolute atomic E-state index is 5.96. The van der Waals surface area contributed by atoms with Crippen molar-refractivity contribution in [3.63, 3.8) is 0 Å². The summed E-state index contributed by atoms with van der Waals surface area (Å²) >= 11 is 0. The Hall–Kier alpha value is -3.72. The van der Waals surface area contributed by atoms with Crippen LogP contribution in [0.15, 0.2) is 84.9 Å². The van der Waals surface area contributed by atoms with E-state index >= 15 is 0 Å². The van der Waals surface area contributed by atoms with Gasteiger partial charge in [0.05, 0.1) is 0 Å². The van der Waals surface area contributed by atoms with Crippen molar-refractivity contribution < 1.29 is 9.47 Å². The first-order chi connectivity index (χ1) is 16.0. The Morgan fingerprint density at radius 3 is 1.09 bits per heavy atom. The predicted molar refractivity (Wildman–Crippen MR) is 139 cm³/mol. The molecule has 3 nitrogen and oxygen atoms in total. The van der Waals surface area contributed by atoms with Gasteiger partial charge in [-0.2, -0.15) is 0 Å². The predicted octanol–water partition coefficient (Wildman–Crippen LogP) is 9.27. The van der Waals surface area contributed by atoms with E-state index in [4.69, 9.17) is 9.47 Å². The smallest absolute Gasteiger partial charge is 0.127 e. The first-order valence-electron chi connectivity index (χ1n) is 11.4. The highest BCUT2D eigenvalue weighted by atomic mass is 16.5. The second kappa shape index (κ2) is 11.2. The van der Waals surface area contributed by atoms with E-state index in [1.54, 1.807) is 0 Å². The highest BCUT2D eigenvalue weighted by molar-refractivity contribution is 5.61. The highest BCUT2D eigenvalue weighted by Gasteiger charge is 2.03. The number of benzene rings is 4. The molecule has 0 aliphatic heterocycles. The lowest BCUT2D eigenvalue weighted by atomic mass is 10.1. The van der Waals surface area contributed by atoms with Gasteiger partial charge in [-0.1, -0.05) is 26.0 Å². The standard InChI is InChI=1S/C28H27NO2.C2H6/c1-19-5-11-27(17-21(19)3)30-25-13-7-23(8-14-25)29-24-9-15-26(16-10-24)31-28-12-6-20(2)22(4)18-28;1-2/h5-18,29H,1-4H3;1-2H3. The summed E-state index contributed by atoms with van der Waals surface area (Å²) in [4.78, 5) is 0. The van der Waals surface area contributed by atoms with E-state index in [1.807, 2.05) is 74.5 Å². The molecule has 0 radical (unpaired) electrons. The van der Waals surface area contributed by atoms with Crippen LogP contribution in [0.25, 0.3) is 0 Å². The van der Waals surface area contributed by atoms with Crippen LogP contribution in [-0.2, 0) is 0 Å². The monoisotopic (exact) mass is 439 g/mol. The van der Waals surface area contributed by atoms with Crippen molar-refractivity contribution in [2.24, 2.45) is 0 Å². The molecule has 33 heavy (non-hydrogen) atoms. The largest absolute Gasteiger partial charge is 0.457 e. The Morgan fingerprint density at radius 2 is 0.758 bits per heavy atom. The molecule has 1 N–H and O–H groups in total. The van der Waals surface area contributed by atoms with E-state index in [1.165, 1.54) is 22.3 Å². The van der Waals surface area contributed by atoms with Crippen molar-refractivity contribution >= 4 is 11.4 Å². The Balaban J connectivity index is 0.00000149. The summed E-state index contributed by atoms with van der Waals surface area (Å²) in [6, 6.07) is 28.2. The molecular weight excluding hydrogens is 406 g/mol. The first-order valence-corrected chi connectivity index (χ1v) is 11.4. The average molecular weight is 440 g/mol. The minimum atomic E-state index is 0.811. The lowest BCUT2D eigenvalue weighted by Gasteiger charge is -2.11. The van der Waals surface area contributed by atoms with Crippen LogP contribution in [0.1, 0.15) is 36.1 Å². The number of hydrogen-bond donors (Lipinski definition) is 1. The SMILES string of the molecule is CC.Cc1ccc(Oc2ccc(Nc3ccc(Oc4ccc(C)c(C)c4)cc3)cc2)cc1C. The molecule has 3 heteroatoms. The minimum Gasteiger partial charge on any atom is -0.457 e. The van der Waals surface area contributed by atoms with Gasteiger partial charge in [0.1, 0.15) is 23.0 Å². The van der Waals surface area contributed by atoms with Crippen LogP contribution < -0.4 is 14.8 Å². The Morgan fingerprint density at radius 1 is 0.424 bits per heavy atom. The number of rotatable bonds is 6. The van der Waals surface area contributed by atoms with Crippen LogP contribution in [-0.4, -0.2) is 0 Å². The van der Waals surface area contributed by atoms with E-state index < -0.39 is 0 Å². The highest BCUT2D eigenvalue weighted by Crippen LogP contribution is 2.28. The lowest BCUT2D eigenvalue weighted by Crippen LogP contribution is -1.92. The van der Waals surface area contributed by atoms with Crippen molar-refractivity contribution in [3.8, 4) is 23.0 Å². The number of ether oxygens (including phenoxy) is 2. The van der Waals surface area contributed by atoms with Crippen LogP contribution in [0.4, 0.5) is 11.4 Å². The summed E-state index contributed by atoms with van der Waals surface area (Å²) < 4.78 is 11.9. The molecule has 0 aromatic heterocycles. The van der Waals surface area contributed by atoms with E-state index in [-0.39, 0.29) is 0 Å². The molecule has 170 valence electrons. The van der Waals surface area contributed by atoms with Crippen LogP contribution >= 0.6 is 0 Å². The Labute approximate surface area is 198 Å². The molecule has 0 amide bonds. The van der Waals surface area contributed by atoms with Crippen LogP contribution in [0.3, 0.4) is 0 Å². The zero-order valence-electron chi connectivity index (χ0n) is 20.4. The fourth-order valence-electron chi connectivity index (χ4n) is 3.21. The molecule has 0 aliphatic carbocycles. The van der Waals surface area contributed by atoms with Gasteiger partial charge >= 0.3 is 0 Å². The zero-order chi connectivity index (χ0) is 23.8. The normalized spacial score (nSPS) is 10.1. The van der Waals surface area contributed by atoms with Crippen molar-refractivity contribution in [2.75, 3.05) is 5.32 Å². The lowest BCUT2D eigenvalue weighted by molar-refractivity contribution is 0.482. The van der Waals surface area contributed by atoms with E-state index in [2.05, 4.69) is 57.3 Å². The third-order valence-electron chi connectivity index (χ3n) is 5.43. The maximum atomic E-state index is 5.96. The third kappa shape index (κ3) is 6.63. The third-order valence-corrected chi connectivity index (χ3v) is 5.43. The average Bonchev–Trinajstić information content (AvgIpc) is 2.83. The first kappa shape index (κ1) is 23.9. The van der Waals surface area contributed by atoms with Crippen molar-refractivity contribution in [2.45, 2.75) is 41.5 Å². The van der Waals surface area contributed by atoms with Crippen LogP contribution in [0.5, 0.6) is 23.0 Å². The summed E-state index contributed by atoms with van der Waals surface area (Å²) in [5.74, 6) is 3.32. The number of nitrogens with one attached hydrogen (secondary N) is 1. The fraction of sp³-hybridized carbons (Fsp3) is 0.200. The Kier molecular flexibility index (Phi) is 8.15. The molecule has 0 heterocycles. The molecule has 4 aromatic rings. The molecule has 0 unspecified atom stereocenters. The van der Waals surface area contributed by atoms with Gasteiger partial charge in [-0.05, 0) is 123 Å². The maximum Gasteiger partial charge on any atom is 0.127 e. The van der Waals surface area contributed by atoms with Gasteiger partial charge in [-0.3, -0.25) is 0 Å². The van der Waals surface area contributed by atoms with Gasteiger partial charge in [-0.15, -0.1) is 0 Å². The summed E-state index contributed by atoms with van der Waals surface area (Å²) in [5.41, 5.74) is 6.96. The molecule has 0 spiro atoms. The molecule has 0 bridgehead atoms. The van der Waals surface area contributed by atoms with E-state index in [0.29, 0.717) is 0 Å². The fourth-order valence-corrected chi connectivity index (χ4v) is 3.21. The van der Waals surface area contributed by atoms with Gasteiger partial charge in [0, 0.05) is 11.4 Å². The second-order valence-electron chi connectivity index (χ2n) is 7.87. The van der Waals surface area contributed by atoms with Gasteiger partial charge in [0.2, 0.25) is 0 Å². The summed E-state index contributed by atoms with van der Waals surface area (Å²) in [7, 11) is 0. The zero-order valence-corrected chi connectivity index (χ0v) is 20.4. The van der Waals surface area contributed by atoms with E-state index in [0.717, 1.165) is 34.4 Å². The number of aryl methyl sites for hydroxylation is 4. The Bertz CT molecular complexity index is 1080. The molecule has 0 atom stereocenters.